The van der Waals surface area contributed by atoms with Crippen molar-refractivity contribution in [2.24, 2.45) is 11.3 Å². The molecule has 0 radical (unpaired) electrons. The summed E-state index contributed by atoms with van der Waals surface area (Å²) in [5, 5.41) is 6.42. The maximum absolute atomic E-state index is 11.4. The Hall–Kier alpha value is -1.55. The van der Waals surface area contributed by atoms with Crippen molar-refractivity contribution < 1.29 is 9.53 Å². The molecule has 0 bridgehead atoms. The fourth-order valence-electron chi connectivity index (χ4n) is 4.63. The van der Waals surface area contributed by atoms with E-state index in [1.165, 1.54) is 31.4 Å². The molecule has 1 aromatic rings. The molecule has 3 aliphatic rings. The molecular weight excluding hydrogens is 276 g/mol. The number of rotatable bonds is 4. The van der Waals surface area contributed by atoms with Crippen LogP contribution in [0.25, 0.3) is 0 Å². The molecule has 1 spiro atoms. The molecule has 0 aromatic heterocycles. The lowest BCUT2D eigenvalue weighted by Gasteiger charge is -2.63. The Bertz CT molecular complexity index is 565. The number of hydrogen-bond donors (Lipinski definition) is 2. The van der Waals surface area contributed by atoms with Crippen LogP contribution in [0.5, 0.6) is 0 Å². The van der Waals surface area contributed by atoms with E-state index in [1.54, 1.807) is 7.05 Å². The molecule has 4 rings (SSSR count). The van der Waals surface area contributed by atoms with Crippen LogP contribution in [0.3, 0.4) is 0 Å². The predicted octanol–water partition coefficient (Wildman–Crippen LogP) is 2.34. The number of benzene rings is 1. The molecule has 1 saturated heterocycles. The van der Waals surface area contributed by atoms with E-state index in [4.69, 9.17) is 4.74 Å². The summed E-state index contributed by atoms with van der Waals surface area (Å²) in [6, 6.07) is 8.87. The molecule has 2 N–H and O–H groups in total. The van der Waals surface area contributed by atoms with Gasteiger partial charge in [-0.15, -0.1) is 0 Å². The molecule has 2 aliphatic carbocycles. The molecule has 1 aromatic carbocycles. The molecule has 1 amide bonds. The second-order valence-corrected chi connectivity index (χ2v) is 7.00. The van der Waals surface area contributed by atoms with Crippen LogP contribution in [0.2, 0.25) is 0 Å². The summed E-state index contributed by atoms with van der Waals surface area (Å²) in [4.78, 5) is 11.4. The van der Waals surface area contributed by atoms with Gasteiger partial charge in [0.15, 0.2) is 0 Å². The third-order valence-electron chi connectivity index (χ3n) is 5.96. The number of likely N-dealkylation sites (N-methyl/N-ethyl adjacent to an activating group) is 1. The zero-order valence-electron chi connectivity index (χ0n) is 13.1. The maximum atomic E-state index is 11.4. The van der Waals surface area contributed by atoms with Gasteiger partial charge in [-0.2, -0.15) is 0 Å². The fourth-order valence-corrected chi connectivity index (χ4v) is 4.63. The Balaban J connectivity index is 1.44. The molecule has 22 heavy (non-hydrogen) atoms. The van der Waals surface area contributed by atoms with Crippen molar-refractivity contribution in [2.45, 2.75) is 44.2 Å². The quantitative estimate of drug-likeness (QED) is 0.897. The summed E-state index contributed by atoms with van der Waals surface area (Å²) < 4.78 is 5.97. The number of carbonyl (C=O) groups is 1. The van der Waals surface area contributed by atoms with Gasteiger partial charge in [0.05, 0.1) is 12.5 Å². The fraction of sp³-hybridized carbons (Fsp3) is 0.611. The highest BCUT2D eigenvalue weighted by Gasteiger charge is 2.66. The normalized spacial score (nSPS) is 31.0. The first kappa shape index (κ1) is 14.1. The second kappa shape index (κ2) is 5.27. The van der Waals surface area contributed by atoms with E-state index in [0.717, 1.165) is 12.2 Å². The van der Waals surface area contributed by atoms with E-state index in [0.29, 0.717) is 29.9 Å². The number of nitrogens with one attached hydrogen (secondary N) is 2. The highest BCUT2D eigenvalue weighted by Crippen LogP contribution is 2.63. The highest BCUT2D eigenvalue weighted by molar-refractivity contribution is 5.78. The van der Waals surface area contributed by atoms with Gasteiger partial charge in [0.1, 0.15) is 0 Å². The van der Waals surface area contributed by atoms with E-state index in [1.807, 2.05) is 12.1 Å². The number of carbonyl (C=O) groups excluding carboxylic acids is 1. The molecule has 0 unspecified atom stereocenters. The average Bonchev–Trinajstić information content (AvgIpc) is 2.90. The minimum absolute atomic E-state index is 0.0547. The molecule has 2 saturated carbocycles. The zero-order valence-corrected chi connectivity index (χ0v) is 13.1. The van der Waals surface area contributed by atoms with Gasteiger partial charge in [-0.3, -0.25) is 4.79 Å². The van der Waals surface area contributed by atoms with Crippen molar-refractivity contribution in [3.8, 4) is 0 Å². The third-order valence-corrected chi connectivity index (χ3v) is 5.96. The number of hydrogen-bond acceptors (Lipinski definition) is 3. The predicted molar refractivity (Wildman–Crippen MR) is 85.8 cm³/mol. The van der Waals surface area contributed by atoms with Gasteiger partial charge in [-0.1, -0.05) is 18.6 Å². The smallest absolute Gasteiger partial charge is 0.224 e. The van der Waals surface area contributed by atoms with Crippen molar-refractivity contribution in [3.05, 3.63) is 29.8 Å². The lowest BCUT2D eigenvalue weighted by molar-refractivity contribution is -0.158. The number of amides is 1. The third kappa shape index (κ3) is 2.04. The molecular formula is C18H24N2O2. The summed E-state index contributed by atoms with van der Waals surface area (Å²) >= 11 is 0. The summed E-state index contributed by atoms with van der Waals surface area (Å²) in [7, 11) is 1.67. The van der Waals surface area contributed by atoms with Gasteiger partial charge in [0, 0.05) is 36.7 Å². The molecule has 1 aliphatic heterocycles. The van der Waals surface area contributed by atoms with Gasteiger partial charge in [0.2, 0.25) is 5.91 Å². The van der Waals surface area contributed by atoms with Crippen molar-refractivity contribution in [1.29, 1.82) is 0 Å². The first-order chi connectivity index (χ1) is 10.7. The van der Waals surface area contributed by atoms with Crippen LogP contribution in [0, 0.1) is 11.3 Å². The lowest BCUT2D eigenvalue weighted by Crippen LogP contribution is -2.68. The van der Waals surface area contributed by atoms with Crippen LogP contribution in [-0.4, -0.2) is 31.7 Å². The van der Waals surface area contributed by atoms with E-state index >= 15 is 0 Å². The van der Waals surface area contributed by atoms with Crippen molar-refractivity contribution in [2.75, 3.05) is 19.0 Å². The summed E-state index contributed by atoms with van der Waals surface area (Å²) in [5.41, 5.74) is 2.63. The van der Waals surface area contributed by atoms with Gasteiger partial charge >= 0.3 is 0 Å². The number of anilines is 1. The topological polar surface area (TPSA) is 50.4 Å². The van der Waals surface area contributed by atoms with Crippen molar-refractivity contribution in [3.63, 3.8) is 0 Å². The highest BCUT2D eigenvalue weighted by atomic mass is 16.5. The first-order valence-corrected chi connectivity index (χ1v) is 8.41. The van der Waals surface area contributed by atoms with E-state index < -0.39 is 0 Å². The van der Waals surface area contributed by atoms with Gasteiger partial charge in [0.25, 0.3) is 0 Å². The summed E-state index contributed by atoms with van der Waals surface area (Å²) in [5.74, 6) is 0.741. The molecule has 3 atom stereocenters. The van der Waals surface area contributed by atoms with E-state index in [9.17, 15) is 4.79 Å². The van der Waals surface area contributed by atoms with Crippen LogP contribution in [0.4, 0.5) is 5.69 Å². The number of ether oxygens (including phenoxy) is 1. The Morgan fingerprint density at radius 3 is 2.73 bits per heavy atom. The number of fused-ring (bicyclic) bond motifs is 2. The summed E-state index contributed by atoms with van der Waals surface area (Å²) in [6.07, 6.45) is 6.10. The van der Waals surface area contributed by atoms with E-state index in [2.05, 4.69) is 22.8 Å². The maximum Gasteiger partial charge on any atom is 0.224 e. The van der Waals surface area contributed by atoms with Crippen molar-refractivity contribution in [1.82, 2.24) is 5.32 Å². The van der Waals surface area contributed by atoms with Crippen LogP contribution in [0.15, 0.2) is 24.3 Å². The van der Waals surface area contributed by atoms with Gasteiger partial charge in [-0.25, -0.2) is 0 Å². The van der Waals surface area contributed by atoms with Crippen LogP contribution in [0.1, 0.15) is 31.2 Å². The second-order valence-electron chi connectivity index (χ2n) is 7.00. The zero-order chi connectivity index (χ0) is 15.2. The summed E-state index contributed by atoms with van der Waals surface area (Å²) in [6.45, 7) is 0.931. The van der Waals surface area contributed by atoms with Gasteiger partial charge in [-0.05, 0) is 37.0 Å². The minimum atomic E-state index is 0.0547. The lowest BCUT2D eigenvalue weighted by atomic mass is 9.46. The Kier molecular flexibility index (Phi) is 3.37. The van der Waals surface area contributed by atoms with Gasteiger partial charge < -0.3 is 15.4 Å². The standard InChI is InChI=1S/C18H24N2O2/c1-19-15(21)11-12-3-5-13(6-4-12)20-16-14-7-10-22-17(14)18(16)8-2-9-18/h3-6,14,16-17,20H,2,7-11H2,1H3,(H,19,21)/t14-,16+,17-/m0/s1. The van der Waals surface area contributed by atoms with E-state index in [-0.39, 0.29) is 5.91 Å². The Labute approximate surface area is 131 Å². The Morgan fingerprint density at radius 1 is 1.32 bits per heavy atom. The molecule has 4 nitrogen and oxygen atoms in total. The average molecular weight is 300 g/mol. The minimum Gasteiger partial charge on any atom is -0.381 e. The first-order valence-electron chi connectivity index (χ1n) is 8.41. The monoisotopic (exact) mass is 300 g/mol. The molecule has 4 heteroatoms. The van der Waals surface area contributed by atoms with Crippen LogP contribution in [-0.2, 0) is 16.0 Å². The van der Waals surface area contributed by atoms with Crippen LogP contribution >= 0.6 is 0 Å². The molecule has 1 heterocycles. The van der Waals surface area contributed by atoms with Crippen LogP contribution < -0.4 is 10.6 Å². The van der Waals surface area contributed by atoms with Crippen molar-refractivity contribution >= 4 is 11.6 Å². The Morgan fingerprint density at radius 2 is 2.09 bits per heavy atom. The SMILES string of the molecule is CNC(=O)Cc1ccc(N[C@@H]2[C@@H]3CCO[C@@H]3C23CCC3)cc1. The largest absolute Gasteiger partial charge is 0.381 e. The molecule has 118 valence electrons. The molecule has 3 fully saturated rings.